The lowest BCUT2D eigenvalue weighted by molar-refractivity contribution is -0.384. The van der Waals surface area contributed by atoms with Gasteiger partial charge in [0.2, 0.25) is 22.9 Å². The predicted octanol–water partition coefficient (Wildman–Crippen LogP) is 2.32. The third kappa shape index (κ3) is 4.86. The van der Waals surface area contributed by atoms with E-state index in [1.165, 1.54) is 0 Å². The number of nitrogens with one attached hydrogen (secondary N) is 1. The van der Waals surface area contributed by atoms with Crippen LogP contribution in [0.5, 0.6) is 0 Å². The van der Waals surface area contributed by atoms with Gasteiger partial charge >= 0.3 is 11.7 Å². The number of hydrogen-bond donors (Lipinski definition) is 1. The molecule has 2 fully saturated rings. The number of rotatable bonds is 7. The van der Waals surface area contributed by atoms with Crippen molar-refractivity contribution in [2.24, 2.45) is 0 Å². The van der Waals surface area contributed by atoms with Crippen molar-refractivity contribution in [3.8, 4) is 0 Å². The summed E-state index contributed by atoms with van der Waals surface area (Å²) in [4.78, 5) is 27.9. The van der Waals surface area contributed by atoms with Crippen LogP contribution in [0.25, 0.3) is 0 Å². The van der Waals surface area contributed by atoms with Gasteiger partial charge in [-0.05, 0) is 38.8 Å². The summed E-state index contributed by atoms with van der Waals surface area (Å²) in [5.41, 5.74) is -0.488. The van der Waals surface area contributed by atoms with Crippen molar-refractivity contribution >= 4 is 40.7 Å². The molecule has 1 aliphatic carbocycles. The highest BCUT2D eigenvalue weighted by atomic mass is 35.5. The molecule has 1 aromatic heterocycles. The number of hydrogen-bond acceptors (Lipinski definition) is 9. The van der Waals surface area contributed by atoms with Crippen LogP contribution >= 0.6 is 23.2 Å². The van der Waals surface area contributed by atoms with Gasteiger partial charge in [0.25, 0.3) is 0 Å². The van der Waals surface area contributed by atoms with Crippen molar-refractivity contribution < 1.29 is 28.7 Å². The van der Waals surface area contributed by atoms with Gasteiger partial charge in [-0.1, -0.05) is 11.6 Å². The fourth-order valence-electron chi connectivity index (χ4n) is 3.46. The van der Waals surface area contributed by atoms with Gasteiger partial charge in [0.15, 0.2) is 12.4 Å². The summed E-state index contributed by atoms with van der Waals surface area (Å²) in [6, 6.07) is -0.457. The van der Waals surface area contributed by atoms with Crippen LogP contribution in [0.1, 0.15) is 27.2 Å². The molecule has 0 spiro atoms. The predicted molar refractivity (Wildman–Crippen MR) is 103 cm³/mol. The Morgan fingerprint density at radius 3 is 2.72 bits per heavy atom. The van der Waals surface area contributed by atoms with E-state index in [2.05, 4.69) is 15.3 Å². The molecule has 1 saturated carbocycles. The van der Waals surface area contributed by atoms with Crippen LogP contribution in [0.2, 0.25) is 10.4 Å². The highest BCUT2D eigenvalue weighted by Crippen LogP contribution is 2.42. The molecule has 1 aliphatic heterocycles. The van der Waals surface area contributed by atoms with Crippen molar-refractivity contribution in [3.63, 3.8) is 0 Å². The second-order valence-corrected chi connectivity index (χ2v) is 7.66. The average molecular weight is 452 g/mol. The monoisotopic (exact) mass is 451 g/mol. The van der Waals surface area contributed by atoms with Crippen LogP contribution in [0.15, 0.2) is 0 Å². The Kier molecular flexibility index (Phi) is 6.44. The molecule has 2 heterocycles. The molecule has 0 radical (unpaired) electrons. The molecule has 2 N–H and O–H groups in total. The van der Waals surface area contributed by atoms with E-state index in [0.717, 1.165) is 0 Å². The van der Waals surface area contributed by atoms with Gasteiger partial charge in [-0.2, -0.15) is 9.97 Å². The Morgan fingerprint density at radius 2 is 2.07 bits per heavy atom. The van der Waals surface area contributed by atoms with Gasteiger partial charge in [-0.15, -0.1) is 0 Å². The van der Waals surface area contributed by atoms with E-state index in [-0.39, 0.29) is 28.8 Å². The average Bonchev–Trinajstić information content (AvgIpc) is 3.06. The lowest BCUT2D eigenvalue weighted by atomic mass is 10.2. The van der Waals surface area contributed by atoms with Crippen molar-refractivity contribution in [2.45, 2.75) is 57.3 Å². The Balaban J connectivity index is 1.81. The van der Waals surface area contributed by atoms with Gasteiger partial charge in [0.1, 0.15) is 12.2 Å². The first-order valence-corrected chi connectivity index (χ1v) is 9.65. The first kappa shape index (κ1) is 21.9. The maximum absolute atomic E-state index is 11.4. The number of nitro groups is 1. The molecule has 13 heteroatoms. The Morgan fingerprint density at radius 1 is 1.38 bits per heavy atom. The standard InChI is InChI=1S/C16H20Cl2N4O7/c1-4-26-9(23)6-27-8-5-7(11-12(8)29-16(2,3)28-11)19-14-10(22(24)25)13(17)20-15(18)21-14/h7-8,11-12H,4-6H2,1-3H3,(H,19,20,21)/p+1/t7-,8+,11+,12-/m1/s1. The van der Waals surface area contributed by atoms with Gasteiger partial charge < -0.3 is 29.1 Å². The summed E-state index contributed by atoms with van der Waals surface area (Å²) in [5.74, 6) is -1.25. The minimum atomic E-state index is -0.879. The van der Waals surface area contributed by atoms with E-state index in [0.29, 0.717) is 13.0 Å². The van der Waals surface area contributed by atoms with Crippen LogP contribution in [0, 0.1) is 10.1 Å². The summed E-state index contributed by atoms with van der Waals surface area (Å²) in [6.45, 7) is 5.42. The van der Waals surface area contributed by atoms with Crippen molar-refractivity contribution in [2.75, 3.05) is 18.5 Å². The minimum Gasteiger partial charge on any atom is -0.359 e. The number of halogens is 2. The van der Waals surface area contributed by atoms with E-state index in [1.54, 1.807) is 20.8 Å². The molecule has 1 saturated heterocycles. The molecular formula is C16H21Cl2N4O7+. The number of esters is 1. The molecule has 11 nitrogen and oxygen atoms in total. The Hall–Kier alpha value is -1.79. The Bertz CT molecular complexity index is 810. The lowest BCUT2D eigenvalue weighted by Gasteiger charge is -2.24. The number of fused-ring (bicyclic) bond motifs is 1. The van der Waals surface area contributed by atoms with E-state index in [4.69, 9.17) is 42.1 Å². The van der Waals surface area contributed by atoms with E-state index in [1.807, 2.05) is 0 Å². The highest BCUT2D eigenvalue weighted by molar-refractivity contribution is 6.33. The molecule has 0 unspecified atom stereocenters. The number of nitrogens with zero attached hydrogens (tertiary/aromatic N) is 3. The number of aromatic nitrogens is 2. The molecule has 29 heavy (non-hydrogen) atoms. The molecule has 0 bridgehead atoms. The minimum absolute atomic E-state index is 0.124. The fourth-order valence-corrected chi connectivity index (χ4v) is 3.92. The fraction of sp³-hybridized carbons (Fsp3) is 0.688. The molecule has 2 aliphatic rings. The summed E-state index contributed by atoms with van der Waals surface area (Å²) < 4.78 is 22.6. The third-order valence-corrected chi connectivity index (χ3v) is 4.90. The highest BCUT2D eigenvalue weighted by Gasteiger charge is 2.55. The quantitative estimate of drug-likeness (QED) is 0.165. The third-order valence-electron chi connectivity index (χ3n) is 4.46. The summed E-state index contributed by atoms with van der Waals surface area (Å²) >= 11 is 11.7. The summed E-state index contributed by atoms with van der Waals surface area (Å²) in [7, 11) is 0. The molecule has 3 rings (SSSR count). The lowest BCUT2D eigenvalue weighted by Crippen LogP contribution is -2.35. The largest absolute Gasteiger partial charge is 0.509 e. The summed E-state index contributed by atoms with van der Waals surface area (Å²) in [5, 5.41) is 13.8. The molecule has 1 aromatic rings. The van der Waals surface area contributed by atoms with Gasteiger partial charge in [0, 0.05) is 0 Å². The maximum atomic E-state index is 11.4. The zero-order valence-corrected chi connectivity index (χ0v) is 17.4. The van der Waals surface area contributed by atoms with E-state index in [9.17, 15) is 14.9 Å². The first-order valence-electron chi connectivity index (χ1n) is 8.90. The van der Waals surface area contributed by atoms with Crippen LogP contribution < -0.4 is 5.32 Å². The number of anilines is 1. The van der Waals surface area contributed by atoms with E-state index >= 15 is 0 Å². The zero-order valence-electron chi connectivity index (χ0n) is 15.9. The molecule has 160 valence electrons. The van der Waals surface area contributed by atoms with Crippen molar-refractivity contribution in [3.05, 3.63) is 20.6 Å². The van der Waals surface area contributed by atoms with Crippen molar-refractivity contribution in [1.29, 1.82) is 0 Å². The second kappa shape index (κ2) is 8.52. The molecule has 4 atom stereocenters. The first-order chi connectivity index (χ1) is 13.6. The normalized spacial score (nSPS) is 27.5. The maximum Gasteiger partial charge on any atom is 0.509 e. The van der Waals surface area contributed by atoms with Gasteiger partial charge in [0.05, 0.1) is 17.1 Å². The topological polar surface area (TPSA) is 139 Å². The molecular weight excluding hydrogens is 431 g/mol. The van der Waals surface area contributed by atoms with Crippen LogP contribution in [-0.2, 0) is 18.9 Å². The van der Waals surface area contributed by atoms with Crippen LogP contribution in [-0.4, -0.2) is 69.0 Å². The zero-order chi connectivity index (χ0) is 21.3. The number of carbonyl (C=O) groups excluding carboxylic acids is 1. The smallest absolute Gasteiger partial charge is 0.359 e. The molecule has 0 aromatic carbocycles. The van der Waals surface area contributed by atoms with Gasteiger partial charge in [-0.3, -0.25) is 10.1 Å². The van der Waals surface area contributed by atoms with Crippen LogP contribution in [0.3, 0.4) is 0 Å². The van der Waals surface area contributed by atoms with Crippen molar-refractivity contribution in [1.82, 2.24) is 9.97 Å². The van der Waals surface area contributed by atoms with Crippen LogP contribution in [0.4, 0.5) is 11.5 Å². The SMILES string of the molecule is CCOC(=[OH+])CO[C@H]1C[C@@H](Nc2nc(Cl)nc(Cl)c2[N+](=O)[O-])[C@@H]2OC(C)(C)O[C@@H]21. The van der Waals surface area contributed by atoms with Gasteiger partial charge in [-0.25, -0.2) is 0 Å². The number of ether oxygens (including phenoxy) is 4. The Labute approximate surface area is 176 Å². The summed E-state index contributed by atoms with van der Waals surface area (Å²) in [6.07, 6.45) is -1.06. The second-order valence-electron chi connectivity index (χ2n) is 6.97. The van der Waals surface area contributed by atoms with E-state index < -0.39 is 40.8 Å². The molecule has 0 amide bonds.